The molecule has 0 radical (unpaired) electrons. The van der Waals surface area contributed by atoms with Crippen molar-refractivity contribution in [3.63, 3.8) is 0 Å². The van der Waals surface area contributed by atoms with E-state index in [2.05, 4.69) is 29.2 Å². The number of rotatable bonds is 9. The highest BCUT2D eigenvalue weighted by Gasteiger charge is 2.41. The Hall–Kier alpha value is -1.50. The van der Waals surface area contributed by atoms with Crippen LogP contribution in [0.2, 0.25) is 10.0 Å². The maximum absolute atomic E-state index is 6.49. The van der Waals surface area contributed by atoms with E-state index < -0.39 is 5.79 Å². The number of imidazole rings is 1. The fourth-order valence-corrected chi connectivity index (χ4v) is 4.75. The highest BCUT2D eigenvalue weighted by Crippen LogP contribution is 2.32. The molecule has 0 bridgehead atoms. The number of ether oxygens (including phenoxy) is 2. The molecule has 30 heavy (non-hydrogen) atoms. The molecule has 0 saturated carbocycles. The number of hydrogen-bond donors (Lipinski definition) is 0. The lowest BCUT2D eigenvalue weighted by molar-refractivity contribution is -0.180. The molecule has 0 spiro atoms. The molecule has 1 fully saturated rings. The van der Waals surface area contributed by atoms with Crippen LogP contribution in [0.25, 0.3) is 0 Å². The molecule has 4 nitrogen and oxygen atoms in total. The molecule has 2 aromatic carbocycles. The van der Waals surface area contributed by atoms with Crippen molar-refractivity contribution in [1.82, 2.24) is 9.55 Å². The van der Waals surface area contributed by atoms with Gasteiger partial charge in [0.05, 0.1) is 25.6 Å². The molecule has 2 atom stereocenters. The first-order chi connectivity index (χ1) is 14.6. The second-order valence-corrected chi connectivity index (χ2v) is 9.37. The van der Waals surface area contributed by atoms with Gasteiger partial charge in [0.25, 0.3) is 0 Å². The molecule has 3 aromatic rings. The number of nitrogens with zero attached hydrogens (tertiary/aromatic N) is 2. The molecule has 0 N–H and O–H groups in total. The van der Waals surface area contributed by atoms with E-state index in [9.17, 15) is 0 Å². The first-order valence-corrected chi connectivity index (χ1v) is 11.9. The Morgan fingerprint density at radius 1 is 1.03 bits per heavy atom. The van der Waals surface area contributed by atoms with E-state index in [1.165, 1.54) is 11.1 Å². The van der Waals surface area contributed by atoms with Crippen molar-refractivity contribution in [2.24, 2.45) is 0 Å². The van der Waals surface area contributed by atoms with Crippen molar-refractivity contribution in [1.29, 1.82) is 0 Å². The monoisotopic (exact) mass is 462 g/mol. The maximum Gasteiger partial charge on any atom is 0.187 e. The third-order valence-corrected chi connectivity index (χ3v) is 6.74. The molecule has 1 aliphatic rings. The SMILES string of the molecule is Clc1ccc(CCC2(Cn3ccnc3)OCC(CSCc3ccc(Cl)cc3)O2)cc1. The molecule has 0 amide bonds. The molecule has 7 heteroatoms. The van der Waals surface area contributed by atoms with Crippen LogP contribution in [0.4, 0.5) is 0 Å². The summed E-state index contributed by atoms with van der Waals surface area (Å²) in [7, 11) is 0. The van der Waals surface area contributed by atoms with Crippen molar-refractivity contribution in [3.05, 3.63) is 88.4 Å². The number of aromatic nitrogens is 2. The Morgan fingerprint density at radius 3 is 2.40 bits per heavy atom. The summed E-state index contributed by atoms with van der Waals surface area (Å²) in [6, 6.07) is 16.0. The zero-order chi connectivity index (χ0) is 20.8. The van der Waals surface area contributed by atoms with E-state index >= 15 is 0 Å². The Bertz CT molecular complexity index is 919. The number of halogens is 2. The van der Waals surface area contributed by atoms with Gasteiger partial charge in [-0.05, 0) is 41.8 Å². The van der Waals surface area contributed by atoms with Crippen LogP contribution in [-0.4, -0.2) is 33.8 Å². The maximum atomic E-state index is 6.49. The molecule has 2 heterocycles. The van der Waals surface area contributed by atoms with E-state index in [1.54, 1.807) is 12.5 Å². The van der Waals surface area contributed by atoms with Crippen LogP contribution in [0.3, 0.4) is 0 Å². The van der Waals surface area contributed by atoms with Crippen molar-refractivity contribution in [2.45, 2.75) is 37.0 Å². The van der Waals surface area contributed by atoms with Crippen LogP contribution in [-0.2, 0) is 28.2 Å². The van der Waals surface area contributed by atoms with Crippen LogP contribution in [0, 0.1) is 0 Å². The van der Waals surface area contributed by atoms with E-state index in [4.69, 9.17) is 32.7 Å². The average Bonchev–Trinajstić information content (AvgIpc) is 3.40. The minimum absolute atomic E-state index is 0.0658. The largest absolute Gasteiger partial charge is 0.345 e. The van der Waals surface area contributed by atoms with Gasteiger partial charge < -0.3 is 14.0 Å². The molecule has 158 valence electrons. The summed E-state index contributed by atoms with van der Waals surface area (Å²) < 4.78 is 14.8. The van der Waals surface area contributed by atoms with Crippen LogP contribution >= 0.6 is 35.0 Å². The zero-order valence-corrected chi connectivity index (χ0v) is 18.9. The lowest BCUT2D eigenvalue weighted by Gasteiger charge is -2.28. The van der Waals surface area contributed by atoms with Crippen LogP contribution in [0.15, 0.2) is 67.3 Å². The summed E-state index contributed by atoms with van der Waals surface area (Å²) in [6.07, 6.45) is 7.22. The Morgan fingerprint density at radius 2 is 1.73 bits per heavy atom. The minimum Gasteiger partial charge on any atom is -0.345 e. The Kier molecular flexibility index (Phi) is 7.39. The second-order valence-electron chi connectivity index (χ2n) is 7.46. The fraction of sp³-hybridized carbons (Fsp3) is 0.348. The molecule has 4 rings (SSSR count). The summed E-state index contributed by atoms with van der Waals surface area (Å²) in [4.78, 5) is 4.16. The number of hydrogen-bond acceptors (Lipinski definition) is 4. The van der Waals surface area contributed by atoms with E-state index in [0.717, 1.165) is 34.4 Å². The van der Waals surface area contributed by atoms with Gasteiger partial charge in [-0.1, -0.05) is 47.5 Å². The normalized spacial score (nSPS) is 21.2. The molecule has 1 aliphatic heterocycles. The van der Waals surface area contributed by atoms with Gasteiger partial charge in [-0.2, -0.15) is 11.8 Å². The topological polar surface area (TPSA) is 36.3 Å². The van der Waals surface area contributed by atoms with Crippen molar-refractivity contribution >= 4 is 35.0 Å². The third-order valence-electron chi connectivity index (χ3n) is 5.09. The van der Waals surface area contributed by atoms with E-state index in [0.29, 0.717) is 13.2 Å². The third kappa shape index (κ3) is 6.02. The van der Waals surface area contributed by atoms with Gasteiger partial charge in [-0.15, -0.1) is 0 Å². The van der Waals surface area contributed by atoms with E-state index in [-0.39, 0.29) is 6.10 Å². The predicted molar refractivity (Wildman–Crippen MR) is 123 cm³/mol. The quantitative estimate of drug-likeness (QED) is 0.398. The van der Waals surface area contributed by atoms with Gasteiger partial charge in [0.15, 0.2) is 5.79 Å². The summed E-state index contributed by atoms with van der Waals surface area (Å²) in [5.74, 6) is 1.16. The lowest BCUT2D eigenvalue weighted by Crippen LogP contribution is -2.37. The minimum atomic E-state index is -0.647. The van der Waals surface area contributed by atoms with Gasteiger partial charge in [0, 0.05) is 40.4 Å². The predicted octanol–water partition coefficient (Wildman–Crippen LogP) is 5.87. The highest BCUT2D eigenvalue weighted by atomic mass is 35.5. The first-order valence-electron chi connectivity index (χ1n) is 9.94. The average molecular weight is 463 g/mol. The molecular formula is C23H24Cl2N2O2S. The van der Waals surface area contributed by atoms with Crippen molar-refractivity contribution < 1.29 is 9.47 Å². The first kappa shape index (κ1) is 21.7. The van der Waals surface area contributed by atoms with Crippen molar-refractivity contribution in [2.75, 3.05) is 12.4 Å². The number of benzene rings is 2. The van der Waals surface area contributed by atoms with Crippen LogP contribution in [0.1, 0.15) is 17.5 Å². The second kappa shape index (κ2) is 10.2. The standard InChI is InChI=1S/C23H24Cl2N2O2S/c24-20-5-1-18(2-6-20)9-10-23(16-27-12-11-26-17-27)28-13-22(29-23)15-30-14-19-3-7-21(25)8-4-19/h1-8,11-12,17,22H,9-10,13-16H2. The summed E-state index contributed by atoms with van der Waals surface area (Å²) in [5, 5.41) is 1.51. The summed E-state index contributed by atoms with van der Waals surface area (Å²) >= 11 is 13.8. The zero-order valence-electron chi connectivity index (χ0n) is 16.5. The molecule has 1 saturated heterocycles. The van der Waals surface area contributed by atoms with Crippen molar-refractivity contribution in [3.8, 4) is 0 Å². The smallest absolute Gasteiger partial charge is 0.187 e. The van der Waals surface area contributed by atoms with Gasteiger partial charge in [0.1, 0.15) is 0 Å². The van der Waals surface area contributed by atoms with Crippen LogP contribution < -0.4 is 0 Å². The molecule has 0 aliphatic carbocycles. The summed E-state index contributed by atoms with van der Waals surface area (Å²) in [6.45, 7) is 1.22. The Labute approximate surface area is 191 Å². The van der Waals surface area contributed by atoms with Gasteiger partial charge >= 0.3 is 0 Å². The lowest BCUT2D eigenvalue weighted by atomic mass is 10.0. The Balaban J connectivity index is 1.35. The highest BCUT2D eigenvalue weighted by molar-refractivity contribution is 7.98. The van der Waals surface area contributed by atoms with Gasteiger partial charge in [-0.3, -0.25) is 0 Å². The summed E-state index contributed by atoms with van der Waals surface area (Å²) in [5.41, 5.74) is 2.48. The molecular weight excluding hydrogens is 439 g/mol. The molecule has 1 aromatic heterocycles. The number of thioether (sulfide) groups is 1. The van der Waals surface area contributed by atoms with Gasteiger partial charge in [-0.25, -0.2) is 4.98 Å². The number of aryl methyl sites for hydroxylation is 1. The fourth-order valence-electron chi connectivity index (χ4n) is 3.52. The van der Waals surface area contributed by atoms with Crippen LogP contribution in [0.5, 0.6) is 0 Å². The molecule has 2 unspecified atom stereocenters. The van der Waals surface area contributed by atoms with E-state index in [1.807, 2.05) is 46.8 Å². The van der Waals surface area contributed by atoms with Gasteiger partial charge in [0.2, 0.25) is 0 Å².